The van der Waals surface area contributed by atoms with Crippen LogP contribution in [-0.4, -0.2) is 56.1 Å². The van der Waals surface area contributed by atoms with E-state index in [-0.39, 0.29) is 11.1 Å². The fourth-order valence-corrected chi connectivity index (χ4v) is 1.29. The first kappa shape index (κ1) is 16.5. The highest BCUT2D eigenvalue weighted by atomic mass is 16.5. The van der Waals surface area contributed by atoms with Gasteiger partial charge in [0.2, 0.25) is 0 Å². The largest absolute Gasteiger partial charge is 0.481 e. The fourth-order valence-electron chi connectivity index (χ4n) is 1.29. The van der Waals surface area contributed by atoms with Crippen molar-refractivity contribution in [1.29, 1.82) is 0 Å². The Morgan fingerprint density at radius 1 is 0.850 bits per heavy atom. The fraction of sp³-hybridized carbons (Fsp3) is 0.786. The molecular formula is C14H25N3O3. The van der Waals surface area contributed by atoms with Crippen LogP contribution in [0.25, 0.3) is 0 Å². The zero-order valence-corrected chi connectivity index (χ0v) is 13.0. The highest BCUT2D eigenvalue weighted by Crippen LogP contribution is 2.12. The lowest BCUT2D eigenvalue weighted by Gasteiger charge is -2.07. The summed E-state index contributed by atoms with van der Waals surface area (Å²) in [6, 6.07) is 0.394. The van der Waals surface area contributed by atoms with Crippen LogP contribution in [0.1, 0.15) is 34.6 Å². The number of nitrogens with zero attached hydrogens (tertiary/aromatic N) is 3. The van der Waals surface area contributed by atoms with Gasteiger partial charge in [-0.05, 0) is 34.6 Å². The van der Waals surface area contributed by atoms with Gasteiger partial charge in [0.15, 0.2) is 19.2 Å². The number of rotatable bonds is 0. The molecule has 0 amide bonds. The van der Waals surface area contributed by atoms with Gasteiger partial charge in [-0.15, -0.1) is 0 Å². The second kappa shape index (κ2) is 7.26. The Bertz CT molecular complexity index is 350. The van der Waals surface area contributed by atoms with Crippen molar-refractivity contribution in [3.8, 4) is 0 Å². The van der Waals surface area contributed by atoms with Crippen molar-refractivity contribution < 1.29 is 14.2 Å². The number of ether oxygens (including phenoxy) is 3. The second-order valence-electron chi connectivity index (χ2n) is 6.15. The summed E-state index contributed by atoms with van der Waals surface area (Å²) < 4.78 is 14.5. The van der Waals surface area contributed by atoms with E-state index in [1.165, 1.54) is 19.2 Å². The number of aliphatic imine (C=N–C) groups is 3. The van der Waals surface area contributed by atoms with Crippen LogP contribution < -0.4 is 0 Å². The molecule has 1 atom stereocenters. The Labute approximate surface area is 121 Å². The lowest BCUT2D eigenvalue weighted by atomic mass is 10.1. The van der Waals surface area contributed by atoms with E-state index in [1.54, 1.807) is 0 Å². The number of hydrogen-bond donors (Lipinski definition) is 0. The maximum absolute atomic E-state index is 4.87. The van der Waals surface area contributed by atoms with Gasteiger partial charge in [-0.3, -0.25) is 4.99 Å². The zero-order chi connectivity index (χ0) is 15.1. The molecule has 0 saturated carbocycles. The highest BCUT2D eigenvalue weighted by Gasteiger charge is 2.20. The molecule has 20 heavy (non-hydrogen) atoms. The summed E-state index contributed by atoms with van der Waals surface area (Å²) in [6.45, 7) is 12.4. The summed E-state index contributed by atoms with van der Waals surface area (Å²) >= 11 is 0. The van der Waals surface area contributed by atoms with Crippen LogP contribution in [0.3, 0.4) is 0 Å². The minimum atomic E-state index is 0.0417. The lowest BCUT2D eigenvalue weighted by molar-refractivity contribution is 0.287. The molecular weight excluding hydrogens is 258 g/mol. The molecule has 0 aromatic rings. The zero-order valence-electron chi connectivity index (χ0n) is 13.0. The van der Waals surface area contributed by atoms with Gasteiger partial charge in [-0.2, -0.15) is 0 Å². The molecule has 0 aromatic carbocycles. The molecule has 6 heteroatoms. The van der Waals surface area contributed by atoms with E-state index in [0.29, 0.717) is 6.04 Å². The predicted octanol–water partition coefficient (Wildman–Crippen LogP) is 2.08. The normalized spacial score (nSPS) is 26.6. The van der Waals surface area contributed by atoms with Gasteiger partial charge < -0.3 is 14.2 Å². The summed E-state index contributed by atoms with van der Waals surface area (Å²) in [4.78, 5) is 11.9. The number of hydrogen-bond acceptors (Lipinski definition) is 6. The monoisotopic (exact) mass is 283 g/mol. The van der Waals surface area contributed by atoms with Crippen LogP contribution >= 0.6 is 0 Å². The average Bonchev–Trinajstić information content (AvgIpc) is 3.05. The van der Waals surface area contributed by atoms with E-state index >= 15 is 0 Å². The first-order chi connectivity index (χ1) is 9.31. The van der Waals surface area contributed by atoms with Crippen molar-refractivity contribution in [2.24, 2.45) is 15.0 Å². The molecule has 3 rings (SSSR count). The van der Waals surface area contributed by atoms with Crippen molar-refractivity contribution in [3.63, 3.8) is 0 Å². The maximum Gasteiger partial charge on any atom is 0.170 e. The van der Waals surface area contributed by atoms with E-state index in [9.17, 15) is 0 Å². The van der Waals surface area contributed by atoms with E-state index in [2.05, 4.69) is 15.0 Å². The van der Waals surface area contributed by atoms with Gasteiger partial charge in [-0.25, -0.2) is 9.98 Å². The summed E-state index contributed by atoms with van der Waals surface area (Å²) in [5, 5.41) is 0. The van der Waals surface area contributed by atoms with Gasteiger partial charge in [0.05, 0.1) is 17.1 Å². The summed E-state index contributed by atoms with van der Waals surface area (Å²) in [7, 11) is 0. The van der Waals surface area contributed by atoms with E-state index in [1.807, 2.05) is 34.6 Å². The predicted molar refractivity (Wildman–Crippen MR) is 81.0 cm³/mol. The van der Waals surface area contributed by atoms with Crippen LogP contribution in [0.15, 0.2) is 15.0 Å². The molecule has 6 nitrogen and oxygen atoms in total. The highest BCUT2D eigenvalue weighted by molar-refractivity contribution is 5.50. The molecule has 3 aliphatic rings. The van der Waals surface area contributed by atoms with Crippen molar-refractivity contribution >= 4 is 19.2 Å². The lowest BCUT2D eigenvalue weighted by Crippen LogP contribution is -2.17. The van der Waals surface area contributed by atoms with Gasteiger partial charge >= 0.3 is 0 Å². The van der Waals surface area contributed by atoms with Crippen LogP contribution in [0.5, 0.6) is 0 Å². The quantitative estimate of drug-likeness (QED) is 0.683. The van der Waals surface area contributed by atoms with E-state index in [4.69, 9.17) is 14.2 Å². The van der Waals surface area contributed by atoms with Crippen LogP contribution in [0.2, 0.25) is 0 Å². The third kappa shape index (κ3) is 7.11. The third-order valence-corrected chi connectivity index (χ3v) is 2.55. The van der Waals surface area contributed by atoms with Crippen LogP contribution in [0.4, 0.5) is 0 Å². The molecule has 0 bridgehead atoms. The molecule has 0 aromatic heterocycles. The maximum atomic E-state index is 4.87. The van der Waals surface area contributed by atoms with Gasteiger partial charge in [-0.1, -0.05) is 0 Å². The summed E-state index contributed by atoms with van der Waals surface area (Å²) in [6.07, 6.45) is 4.53. The minimum absolute atomic E-state index is 0.0417. The van der Waals surface area contributed by atoms with E-state index < -0.39 is 0 Å². The third-order valence-electron chi connectivity index (χ3n) is 2.55. The molecule has 0 N–H and O–H groups in total. The first-order valence-electron chi connectivity index (χ1n) is 6.75. The van der Waals surface area contributed by atoms with E-state index in [0.717, 1.165) is 19.8 Å². The van der Waals surface area contributed by atoms with Gasteiger partial charge in [0, 0.05) is 0 Å². The Morgan fingerprint density at radius 2 is 1.35 bits per heavy atom. The summed E-state index contributed by atoms with van der Waals surface area (Å²) in [5.74, 6) is 0. The molecule has 0 spiro atoms. The minimum Gasteiger partial charge on any atom is -0.481 e. The van der Waals surface area contributed by atoms with Crippen LogP contribution in [-0.2, 0) is 14.2 Å². The van der Waals surface area contributed by atoms with Crippen molar-refractivity contribution in [2.45, 2.75) is 51.7 Å². The van der Waals surface area contributed by atoms with Crippen LogP contribution in [0, 0.1) is 0 Å². The Balaban J connectivity index is 0.000000151. The molecule has 0 saturated heterocycles. The Hall–Kier alpha value is -1.59. The first-order valence-corrected chi connectivity index (χ1v) is 6.75. The molecule has 3 heterocycles. The standard InChI is InChI=1S/2C5H9NO.C4H7NO/c2*1-5(2)3-7-4-6-5;1-4-2-6-3-5-4/h2*4H,3H2,1-2H3;3-4H,2H2,1H3. The van der Waals surface area contributed by atoms with Gasteiger partial charge in [0.1, 0.15) is 19.8 Å². The van der Waals surface area contributed by atoms with Crippen molar-refractivity contribution in [2.75, 3.05) is 19.8 Å². The topological polar surface area (TPSA) is 64.8 Å². The van der Waals surface area contributed by atoms with Gasteiger partial charge in [0.25, 0.3) is 0 Å². The molecule has 114 valence electrons. The van der Waals surface area contributed by atoms with Crippen molar-refractivity contribution in [1.82, 2.24) is 0 Å². The molecule has 0 radical (unpaired) electrons. The Morgan fingerprint density at radius 3 is 1.45 bits per heavy atom. The summed E-state index contributed by atoms with van der Waals surface area (Å²) in [5.41, 5.74) is 0.0833. The molecule has 0 aliphatic carbocycles. The Kier molecular flexibility index (Phi) is 5.98. The second-order valence-corrected chi connectivity index (χ2v) is 6.15. The average molecular weight is 283 g/mol. The molecule has 1 unspecified atom stereocenters. The smallest absolute Gasteiger partial charge is 0.170 e. The SMILES string of the molecule is CC1(C)COC=N1.CC1(C)COC=N1.CC1COC=N1. The van der Waals surface area contributed by atoms with Crippen molar-refractivity contribution in [3.05, 3.63) is 0 Å². The molecule has 3 aliphatic heterocycles. The molecule has 0 fully saturated rings.